The van der Waals surface area contributed by atoms with Crippen LogP contribution in [0.15, 0.2) is 0 Å². The number of carbonyl (C=O) groups excluding carboxylic acids is 1. The first-order valence-electron chi connectivity index (χ1n) is 4.19. The molecule has 12 heavy (non-hydrogen) atoms. The number of hydrogen-bond acceptors (Lipinski definition) is 2. The van der Waals surface area contributed by atoms with E-state index in [2.05, 4.69) is 18.8 Å². The Hall–Kier alpha value is -1.01. The van der Waals surface area contributed by atoms with Crippen molar-refractivity contribution in [2.45, 2.75) is 32.6 Å². The first-order chi connectivity index (χ1) is 5.68. The zero-order chi connectivity index (χ0) is 9.40. The van der Waals surface area contributed by atoms with Gasteiger partial charge in [-0.2, -0.15) is 0 Å². The van der Waals surface area contributed by atoms with E-state index in [1.54, 1.807) is 0 Å². The van der Waals surface area contributed by atoms with E-state index in [4.69, 9.17) is 5.84 Å². The lowest BCUT2D eigenvalue weighted by molar-refractivity contribution is -0.124. The summed E-state index contributed by atoms with van der Waals surface area (Å²) in [6, 6.07) is 0. The van der Waals surface area contributed by atoms with Crippen LogP contribution in [0.4, 0.5) is 0 Å². The van der Waals surface area contributed by atoms with Crippen molar-refractivity contribution in [3.8, 4) is 11.8 Å². The zero-order valence-corrected chi connectivity index (χ0v) is 7.76. The Morgan fingerprint density at radius 2 is 2.17 bits per heavy atom. The molecule has 2 N–H and O–H groups in total. The summed E-state index contributed by atoms with van der Waals surface area (Å²) in [5.41, 5.74) is 0. The Bertz CT molecular complexity index is 188. The van der Waals surface area contributed by atoms with Gasteiger partial charge in [-0.05, 0) is 12.3 Å². The van der Waals surface area contributed by atoms with Crippen LogP contribution in [0.5, 0.6) is 0 Å². The molecule has 68 valence electrons. The third-order valence-corrected chi connectivity index (χ3v) is 1.42. The molecule has 0 aliphatic heterocycles. The quantitative estimate of drug-likeness (QED) is 0.224. The normalized spacial score (nSPS) is 8.58. The summed E-state index contributed by atoms with van der Waals surface area (Å²) in [6.07, 6.45) is 4.19. The number of hydrogen-bond donors (Lipinski definition) is 1. The molecule has 0 aliphatic carbocycles. The Kier molecular flexibility index (Phi) is 6.12. The molecule has 0 atom stereocenters. The molecule has 0 aromatic rings. The molecule has 0 aromatic heterocycles. The lowest BCUT2D eigenvalue weighted by Crippen LogP contribution is -2.31. The fraction of sp³-hybridized carbons (Fsp3) is 0.667. The van der Waals surface area contributed by atoms with E-state index in [9.17, 15) is 4.79 Å². The van der Waals surface area contributed by atoms with Gasteiger partial charge >= 0.3 is 5.91 Å². The summed E-state index contributed by atoms with van der Waals surface area (Å²) in [5, 5.41) is 0.993. The maximum Gasteiger partial charge on any atom is 0.312 e. The van der Waals surface area contributed by atoms with Crippen molar-refractivity contribution >= 4 is 5.91 Å². The monoisotopic (exact) mass is 168 g/mol. The number of carbonyl (C=O) groups is 1. The van der Waals surface area contributed by atoms with Gasteiger partial charge in [-0.25, -0.2) is 5.84 Å². The van der Waals surface area contributed by atoms with E-state index in [0.29, 0.717) is 0 Å². The highest BCUT2D eigenvalue weighted by atomic mass is 16.2. The lowest BCUT2D eigenvalue weighted by Gasteiger charge is -2.01. The summed E-state index contributed by atoms with van der Waals surface area (Å²) < 4.78 is 0. The second kappa shape index (κ2) is 6.68. The Morgan fingerprint density at radius 1 is 1.50 bits per heavy atom. The molecule has 0 radical (unpaired) electrons. The summed E-state index contributed by atoms with van der Waals surface area (Å²) in [5.74, 6) is 10.1. The molecule has 0 rings (SSSR count). The number of hydrazine groups is 1. The van der Waals surface area contributed by atoms with E-state index in [1.807, 2.05) is 0 Å². The standard InChI is InChI=1S/C9H16N2O/c1-3-4-5-6-7-8-9(12)11(2)10/h3-6,10H2,1-2H3. The molecule has 0 heterocycles. The average molecular weight is 168 g/mol. The van der Waals surface area contributed by atoms with E-state index in [1.165, 1.54) is 19.9 Å². The van der Waals surface area contributed by atoms with Gasteiger partial charge in [0.1, 0.15) is 0 Å². The van der Waals surface area contributed by atoms with Crippen LogP contribution in [0.2, 0.25) is 0 Å². The fourth-order valence-electron chi connectivity index (χ4n) is 0.690. The maximum absolute atomic E-state index is 10.8. The average Bonchev–Trinajstić information content (AvgIpc) is 2.03. The molecule has 0 aromatic carbocycles. The molecule has 3 heteroatoms. The van der Waals surface area contributed by atoms with Crippen LogP contribution in [0.1, 0.15) is 32.6 Å². The molecule has 0 fully saturated rings. The fourth-order valence-corrected chi connectivity index (χ4v) is 0.690. The number of nitrogens with two attached hydrogens (primary N) is 1. The predicted octanol–water partition coefficient (Wildman–Crippen LogP) is 0.902. The number of amides is 1. The molecular formula is C9H16N2O. The summed E-state index contributed by atoms with van der Waals surface area (Å²) in [6.45, 7) is 2.13. The van der Waals surface area contributed by atoms with Gasteiger partial charge in [0.15, 0.2) is 0 Å². The van der Waals surface area contributed by atoms with Crippen molar-refractivity contribution in [3.05, 3.63) is 0 Å². The van der Waals surface area contributed by atoms with E-state index in [0.717, 1.165) is 17.9 Å². The minimum atomic E-state index is -0.327. The minimum absolute atomic E-state index is 0.327. The van der Waals surface area contributed by atoms with Crippen LogP contribution in [0.3, 0.4) is 0 Å². The molecule has 0 unspecified atom stereocenters. The van der Waals surface area contributed by atoms with Crippen LogP contribution >= 0.6 is 0 Å². The summed E-state index contributed by atoms with van der Waals surface area (Å²) >= 11 is 0. The molecule has 3 nitrogen and oxygen atoms in total. The van der Waals surface area contributed by atoms with Crippen molar-refractivity contribution < 1.29 is 4.79 Å². The van der Waals surface area contributed by atoms with Crippen LogP contribution in [-0.2, 0) is 4.79 Å². The predicted molar refractivity (Wildman–Crippen MR) is 48.9 cm³/mol. The van der Waals surface area contributed by atoms with E-state index in [-0.39, 0.29) is 5.91 Å². The zero-order valence-electron chi connectivity index (χ0n) is 7.76. The molecular weight excluding hydrogens is 152 g/mol. The third kappa shape index (κ3) is 5.75. The van der Waals surface area contributed by atoms with Crippen molar-refractivity contribution in [1.29, 1.82) is 0 Å². The van der Waals surface area contributed by atoms with Crippen LogP contribution in [-0.4, -0.2) is 18.0 Å². The molecule has 1 amide bonds. The van der Waals surface area contributed by atoms with Gasteiger partial charge < -0.3 is 0 Å². The van der Waals surface area contributed by atoms with Crippen LogP contribution in [0.25, 0.3) is 0 Å². The third-order valence-electron chi connectivity index (χ3n) is 1.42. The number of rotatable bonds is 3. The van der Waals surface area contributed by atoms with Crippen LogP contribution < -0.4 is 5.84 Å². The highest BCUT2D eigenvalue weighted by Gasteiger charge is 1.95. The molecule has 0 saturated heterocycles. The SMILES string of the molecule is CCCCCC#CC(=O)N(C)N. The van der Waals surface area contributed by atoms with Gasteiger partial charge in [-0.15, -0.1) is 0 Å². The molecule has 0 bridgehead atoms. The highest BCUT2D eigenvalue weighted by Crippen LogP contribution is 1.96. The largest absolute Gasteiger partial charge is 0.312 e. The summed E-state index contributed by atoms with van der Waals surface area (Å²) in [4.78, 5) is 10.8. The minimum Gasteiger partial charge on any atom is -0.273 e. The Balaban J connectivity index is 3.52. The first-order valence-corrected chi connectivity index (χ1v) is 4.19. The maximum atomic E-state index is 10.8. The molecule has 0 aliphatic rings. The van der Waals surface area contributed by atoms with Gasteiger partial charge in [0.2, 0.25) is 0 Å². The van der Waals surface area contributed by atoms with Crippen molar-refractivity contribution in [2.75, 3.05) is 7.05 Å². The lowest BCUT2D eigenvalue weighted by atomic mass is 10.2. The van der Waals surface area contributed by atoms with E-state index >= 15 is 0 Å². The second-order valence-electron chi connectivity index (χ2n) is 2.67. The second-order valence-corrected chi connectivity index (χ2v) is 2.67. The number of nitrogens with zero attached hydrogens (tertiary/aromatic N) is 1. The summed E-state index contributed by atoms with van der Waals surface area (Å²) in [7, 11) is 1.49. The Morgan fingerprint density at radius 3 is 2.67 bits per heavy atom. The van der Waals surface area contributed by atoms with Gasteiger partial charge in [0, 0.05) is 13.5 Å². The van der Waals surface area contributed by atoms with Crippen molar-refractivity contribution in [2.24, 2.45) is 5.84 Å². The van der Waals surface area contributed by atoms with Gasteiger partial charge in [0.05, 0.1) is 0 Å². The van der Waals surface area contributed by atoms with E-state index < -0.39 is 0 Å². The topological polar surface area (TPSA) is 46.3 Å². The molecule has 0 saturated carbocycles. The van der Waals surface area contributed by atoms with Gasteiger partial charge in [0.25, 0.3) is 0 Å². The van der Waals surface area contributed by atoms with Crippen molar-refractivity contribution in [3.63, 3.8) is 0 Å². The van der Waals surface area contributed by atoms with Crippen LogP contribution in [0, 0.1) is 11.8 Å². The smallest absolute Gasteiger partial charge is 0.273 e. The van der Waals surface area contributed by atoms with Gasteiger partial charge in [-0.3, -0.25) is 9.80 Å². The highest BCUT2D eigenvalue weighted by molar-refractivity contribution is 5.92. The first kappa shape index (κ1) is 11.0. The van der Waals surface area contributed by atoms with Crippen molar-refractivity contribution in [1.82, 2.24) is 5.01 Å². The van der Waals surface area contributed by atoms with Gasteiger partial charge in [-0.1, -0.05) is 25.7 Å². The Labute approximate surface area is 73.9 Å². The molecule has 0 spiro atoms. The number of unbranched alkanes of at least 4 members (excludes halogenated alkanes) is 3.